The van der Waals surface area contributed by atoms with E-state index in [2.05, 4.69) is 0 Å². The first-order valence-electron chi connectivity index (χ1n) is 6.30. The first kappa shape index (κ1) is 15.9. The topological polar surface area (TPSA) is 121 Å². The Kier molecular flexibility index (Phi) is 5.06. The summed E-state index contributed by atoms with van der Waals surface area (Å²) in [5.74, 6) is -3.31. The average molecular weight is 285 g/mol. The van der Waals surface area contributed by atoms with Crippen LogP contribution in [0.1, 0.15) is 20.3 Å². The van der Waals surface area contributed by atoms with Gasteiger partial charge in [0.05, 0.1) is 12.5 Å². The lowest BCUT2D eigenvalue weighted by atomic mass is 10.1. The van der Waals surface area contributed by atoms with Crippen LogP contribution in [-0.2, 0) is 19.2 Å². The molecular weight excluding hydrogens is 266 g/mol. The molecule has 0 spiro atoms. The highest BCUT2D eigenvalue weighted by Gasteiger charge is 2.38. The second kappa shape index (κ2) is 6.36. The number of carboxylic acid groups (broad SMARTS) is 1. The number of carbonyl (C=O) groups is 4. The minimum Gasteiger partial charge on any atom is -0.480 e. The number of nitrogens with two attached hydrogens (primary N) is 1. The molecule has 1 fully saturated rings. The van der Waals surface area contributed by atoms with Crippen LogP contribution in [0.25, 0.3) is 0 Å². The molecule has 0 radical (unpaired) electrons. The quantitative estimate of drug-likeness (QED) is 0.624. The van der Waals surface area contributed by atoms with Gasteiger partial charge in [-0.15, -0.1) is 0 Å². The predicted octanol–water partition coefficient (Wildman–Crippen LogP) is -1.36. The standard InChI is InChI=1S/C12H19N3O5/c1-7(2)15-4-8(3-10(15)17)12(20)14(5-9(13)16)6-11(18)19/h7-8H,3-6H2,1-2H3,(H2,13,16)(H,18,19). The van der Waals surface area contributed by atoms with Crippen LogP contribution >= 0.6 is 0 Å². The van der Waals surface area contributed by atoms with Gasteiger partial charge in [0.1, 0.15) is 6.54 Å². The Labute approximate surface area is 116 Å². The molecule has 0 aliphatic carbocycles. The third-order valence-electron chi connectivity index (χ3n) is 3.12. The minimum atomic E-state index is -1.23. The maximum atomic E-state index is 12.2. The molecule has 0 saturated carbocycles. The summed E-state index contributed by atoms with van der Waals surface area (Å²) < 4.78 is 0. The molecule has 0 aromatic rings. The molecule has 8 heteroatoms. The molecule has 1 aliphatic heterocycles. The zero-order valence-corrected chi connectivity index (χ0v) is 11.5. The fraction of sp³-hybridized carbons (Fsp3) is 0.667. The van der Waals surface area contributed by atoms with E-state index in [-0.39, 0.29) is 24.9 Å². The summed E-state index contributed by atoms with van der Waals surface area (Å²) in [5, 5.41) is 8.76. The van der Waals surface area contributed by atoms with Crippen LogP contribution in [-0.4, -0.2) is 64.3 Å². The molecule has 1 heterocycles. The summed E-state index contributed by atoms with van der Waals surface area (Å²) in [7, 11) is 0. The molecule has 20 heavy (non-hydrogen) atoms. The first-order chi connectivity index (χ1) is 9.22. The molecule has 3 amide bonds. The smallest absolute Gasteiger partial charge is 0.323 e. The molecule has 0 aromatic heterocycles. The Bertz CT molecular complexity index is 419. The first-order valence-corrected chi connectivity index (χ1v) is 6.30. The zero-order valence-electron chi connectivity index (χ0n) is 11.5. The summed E-state index contributed by atoms with van der Waals surface area (Å²) in [6.07, 6.45) is 0.0336. The van der Waals surface area contributed by atoms with E-state index in [1.807, 2.05) is 13.8 Å². The van der Waals surface area contributed by atoms with Gasteiger partial charge in [-0.3, -0.25) is 19.2 Å². The van der Waals surface area contributed by atoms with Gasteiger partial charge in [-0.2, -0.15) is 0 Å². The number of hydrogen-bond donors (Lipinski definition) is 2. The third kappa shape index (κ3) is 3.94. The Morgan fingerprint density at radius 2 is 2.00 bits per heavy atom. The highest BCUT2D eigenvalue weighted by molar-refractivity contribution is 5.92. The number of primary amides is 1. The van der Waals surface area contributed by atoms with Crippen molar-refractivity contribution >= 4 is 23.7 Å². The lowest BCUT2D eigenvalue weighted by Gasteiger charge is -2.24. The fourth-order valence-electron chi connectivity index (χ4n) is 2.22. The van der Waals surface area contributed by atoms with E-state index in [0.717, 1.165) is 4.90 Å². The molecule has 1 atom stereocenters. The van der Waals surface area contributed by atoms with Gasteiger partial charge in [0, 0.05) is 19.0 Å². The maximum absolute atomic E-state index is 12.2. The normalized spacial score (nSPS) is 18.4. The van der Waals surface area contributed by atoms with Crippen LogP contribution in [0.15, 0.2) is 0 Å². The zero-order chi connectivity index (χ0) is 15.4. The molecule has 1 saturated heterocycles. The van der Waals surface area contributed by atoms with Gasteiger partial charge in [0.15, 0.2) is 0 Å². The molecule has 1 aliphatic rings. The number of carboxylic acids is 1. The molecule has 1 unspecified atom stereocenters. The van der Waals surface area contributed by atoms with Crippen molar-refractivity contribution in [1.82, 2.24) is 9.80 Å². The fourth-order valence-corrected chi connectivity index (χ4v) is 2.22. The van der Waals surface area contributed by atoms with Gasteiger partial charge >= 0.3 is 5.97 Å². The lowest BCUT2D eigenvalue weighted by Crippen LogP contribution is -2.45. The monoisotopic (exact) mass is 285 g/mol. The Hall–Kier alpha value is -2.12. The largest absolute Gasteiger partial charge is 0.480 e. The average Bonchev–Trinajstić information content (AvgIpc) is 2.68. The van der Waals surface area contributed by atoms with E-state index < -0.39 is 36.8 Å². The number of nitrogens with zero attached hydrogens (tertiary/aromatic N) is 2. The number of aliphatic carboxylic acids is 1. The molecule has 1 rings (SSSR count). The van der Waals surface area contributed by atoms with Crippen LogP contribution in [0, 0.1) is 5.92 Å². The molecule has 0 aromatic carbocycles. The highest BCUT2D eigenvalue weighted by Crippen LogP contribution is 2.22. The summed E-state index contributed by atoms with van der Waals surface area (Å²) >= 11 is 0. The molecular formula is C12H19N3O5. The molecule has 112 valence electrons. The van der Waals surface area contributed by atoms with Crippen molar-refractivity contribution in [3.8, 4) is 0 Å². The lowest BCUT2D eigenvalue weighted by molar-refractivity contribution is -0.147. The summed E-state index contributed by atoms with van der Waals surface area (Å²) in [5.41, 5.74) is 5.01. The van der Waals surface area contributed by atoms with E-state index in [1.54, 1.807) is 4.90 Å². The van der Waals surface area contributed by atoms with Crippen LogP contribution in [0.3, 0.4) is 0 Å². The van der Waals surface area contributed by atoms with Crippen LogP contribution in [0.4, 0.5) is 0 Å². The van der Waals surface area contributed by atoms with Crippen molar-refractivity contribution in [2.75, 3.05) is 19.6 Å². The van der Waals surface area contributed by atoms with E-state index in [0.29, 0.717) is 0 Å². The predicted molar refractivity (Wildman–Crippen MR) is 68.4 cm³/mol. The van der Waals surface area contributed by atoms with Gasteiger partial charge in [-0.1, -0.05) is 0 Å². The van der Waals surface area contributed by atoms with Crippen LogP contribution < -0.4 is 5.73 Å². The second-order valence-corrected chi connectivity index (χ2v) is 5.10. The number of hydrogen-bond acceptors (Lipinski definition) is 4. The Morgan fingerprint density at radius 3 is 2.40 bits per heavy atom. The third-order valence-corrected chi connectivity index (χ3v) is 3.12. The number of rotatable bonds is 6. The van der Waals surface area contributed by atoms with E-state index in [1.165, 1.54) is 0 Å². The van der Waals surface area contributed by atoms with Crippen LogP contribution in [0.5, 0.6) is 0 Å². The summed E-state index contributed by atoms with van der Waals surface area (Å²) in [6, 6.07) is -0.0237. The van der Waals surface area contributed by atoms with Gasteiger partial charge in [-0.25, -0.2) is 0 Å². The highest BCUT2D eigenvalue weighted by atomic mass is 16.4. The van der Waals surface area contributed by atoms with Crippen LogP contribution in [0.2, 0.25) is 0 Å². The van der Waals surface area contributed by atoms with Crippen molar-refractivity contribution in [3.05, 3.63) is 0 Å². The van der Waals surface area contributed by atoms with Crippen molar-refractivity contribution in [2.45, 2.75) is 26.3 Å². The number of likely N-dealkylation sites (tertiary alicyclic amines) is 1. The van der Waals surface area contributed by atoms with Crippen molar-refractivity contribution in [2.24, 2.45) is 11.7 Å². The van der Waals surface area contributed by atoms with Crippen molar-refractivity contribution in [3.63, 3.8) is 0 Å². The van der Waals surface area contributed by atoms with E-state index in [4.69, 9.17) is 10.8 Å². The summed E-state index contributed by atoms with van der Waals surface area (Å²) in [4.78, 5) is 48.0. The van der Waals surface area contributed by atoms with Gasteiger partial charge < -0.3 is 20.6 Å². The SMILES string of the molecule is CC(C)N1CC(C(=O)N(CC(N)=O)CC(=O)O)CC1=O. The molecule has 3 N–H and O–H groups in total. The van der Waals surface area contributed by atoms with Gasteiger partial charge in [0.2, 0.25) is 17.7 Å². The molecule has 0 bridgehead atoms. The van der Waals surface area contributed by atoms with E-state index >= 15 is 0 Å². The maximum Gasteiger partial charge on any atom is 0.323 e. The minimum absolute atomic E-state index is 0.0237. The van der Waals surface area contributed by atoms with E-state index in [9.17, 15) is 19.2 Å². The van der Waals surface area contributed by atoms with Crippen molar-refractivity contribution in [1.29, 1.82) is 0 Å². The summed E-state index contributed by atoms with van der Waals surface area (Å²) in [6.45, 7) is 2.85. The van der Waals surface area contributed by atoms with Gasteiger partial charge in [0.25, 0.3) is 0 Å². The van der Waals surface area contributed by atoms with Crippen molar-refractivity contribution < 1.29 is 24.3 Å². The van der Waals surface area contributed by atoms with Gasteiger partial charge in [-0.05, 0) is 13.8 Å². The Balaban J connectivity index is 2.77. The molecule has 8 nitrogen and oxygen atoms in total. The number of carbonyl (C=O) groups excluding carboxylic acids is 3. The second-order valence-electron chi connectivity index (χ2n) is 5.10. The number of amides is 3. The Morgan fingerprint density at radius 1 is 1.40 bits per heavy atom.